The van der Waals surface area contributed by atoms with Gasteiger partial charge >= 0.3 is 0 Å². The van der Waals surface area contributed by atoms with Gasteiger partial charge in [0.15, 0.2) is 5.60 Å². The van der Waals surface area contributed by atoms with Gasteiger partial charge in [0.05, 0.1) is 10.0 Å². The van der Waals surface area contributed by atoms with Gasteiger partial charge in [-0.25, -0.2) is 0 Å². The van der Waals surface area contributed by atoms with Gasteiger partial charge in [-0.05, 0) is 38.1 Å². The first-order valence-electron chi connectivity index (χ1n) is 6.07. The first kappa shape index (κ1) is 13.3. The Labute approximate surface area is 125 Å². The monoisotopic (exact) mass is 308 g/mol. The number of benzene rings is 1. The third-order valence-electron chi connectivity index (χ3n) is 3.09. The summed E-state index contributed by atoms with van der Waals surface area (Å²) in [6.45, 7) is 3.48. The molecule has 104 valence electrons. The number of carbonyl (C=O) groups is 1. The number of hydrogen-bond donors (Lipinski definition) is 1. The summed E-state index contributed by atoms with van der Waals surface area (Å²) in [5.74, 6) is 0.465. The Morgan fingerprint density at radius 2 is 2.05 bits per heavy atom. The molecule has 2 heterocycles. The maximum absolute atomic E-state index is 12.6. The highest BCUT2D eigenvalue weighted by Gasteiger charge is 2.42. The molecule has 1 aromatic carbocycles. The fourth-order valence-electron chi connectivity index (χ4n) is 2.14. The number of thiophene rings is 1. The van der Waals surface area contributed by atoms with Crippen LogP contribution in [0.25, 0.3) is 0 Å². The van der Waals surface area contributed by atoms with Crippen LogP contribution in [0.2, 0.25) is 4.34 Å². The normalized spacial score (nSPS) is 16.8. The summed E-state index contributed by atoms with van der Waals surface area (Å²) in [7, 11) is 0. The van der Waals surface area contributed by atoms with Crippen molar-refractivity contribution in [1.82, 2.24) is 0 Å². The lowest BCUT2D eigenvalue weighted by atomic mass is 10.0. The van der Waals surface area contributed by atoms with Gasteiger partial charge in [0.2, 0.25) is 0 Å². The summed E-state index contributed by atoms with van der Waals surface area (Å²) in [4.78, 5) is 14.3. The average Bonchev–Trinajstić information content (AvgIpc) is 2.77. The van der Waals surface area contributed by atoms with Crippen LogP contribution in [-0.4, -0.2) is 11.5 Å². The molecule has 3 rings (SSSR count). The van der Waals surface area contributed by atoms with Crippen molar-refractivity contribution in [2.24, 2.45) is 0 Å². The number of nitrogens with two attached hydrogens (primary N) is 1. The number of hydrogen-bond acceptors (Lipinski definition) is 4. The molecule has 2 N–H and O–H groups in total. The van der Waals surface area contributed by atoms with Crippen molar-refractivity contribution < 1.29 is 9.53 Å². The molecule has 0 aliphatic carbocycles. The van der Waals surface area contributed by atoms with E-state index in [0.717, 1.165) is 5.00 Å². The second-order valence-electron chi connectivity index (χ2n) is 5.06. The van der Waals surface area contributed by atoms with Crippen molar-refractivity contribution in [2.75, 3.05) is 10.6 Å². The second kappa shape index (κ2) is 4.40. The third-order valence-corrected chi connectivity index (χ3v) is 4.30. The van der Waals surface area contributed by atoms with Gasteiger partial charge < -0.3 is 10.5 Å². The van der Waals surface area contributed by atoms with Gasteiger partial charge in [0, 0.05) is 11.8 Å². The van der Waals surface area contributed by atoms with Crippen LogP contribution >= 0.6 is 22.9 Å². The van der Waals surface area contributed by atoms with Crippen LogP contribution in [0.15, 0.2) is 30.3 Å². The molecule has 0 fully saturated rings. The number of ether oxygens (including phenoxy) is 1. The highest BCUT2D eigenvalue weighted by atomic mass is 35.5. The molecule has 0 atom stereocenters. The van der Waals surface area contributed by atoms with Crippen LogP contribution in [0, 0.1) is 0 Å². The van der Waals surface area contributed by atoms with Crippen molar-refractivity contribution >= 4 is 45.2 Å². The molecule has 20 heavy (non-hydrogen) atoms. The lowest BCUT2D eigenvalue weighted by Crippen LogP contribution is -2.50. The van der Waals surface area contributed by atoms with E-state index in [1.807, 2.05) is 6.07 Å². The van der Waals surface area contributed by atoms with Crippen LogP contribution < -0.4 is 15.4 Å². The number of nitrogens with zero attached hydrogens (tertiary/aromatic N) is 1. The molecule has 0 saturated carbocycles. The number of carbonyl (C=O) groups excluding carboxylic acids is 1. The van der Waals surface area contributed by atoms with E-state index in [-0.39, 0.29) is 5.91 Å². The number of nitrogen functional groups attached to an aromatic ring is 1. The molecule has 1 aromatic heterocycles. The zero-order chi connectivity index (χ0) is 14.5. The minimum atomic E-state index is -0.947. The Hall–Kier alpha value is -1.72. The largest absolute Gasteiger partial charge is 0.476 e. The number of fused-ring (bicyclic) bond motifs is 1. The molecule has 0 bridgehead atoms. The van der Waals surface area contributed by atoms with Gasteiger partial charge in [0.25, 0.3) is 5.91 Å². The summed E-state index contributed by atoms with van der Waals surface area (Å²) in [6, 6.07) is 8.86. The summed E-state index contributed by atoms with van der Waals surface area (Å²) >= 11 is 7.33. The smallest absolute Gasteiger partial charge is 0.275 e. The van der Waals surface area contributed by atoms with Crippen LogP contribution in [0.5, 0.6) is 5.75 Å². The fraction of sp³-hybridized carbons (Fsp3) is 0.214. The molecule has 1 aliphatic rings. The lowest BCUT2D eigenvalue weighted by molar-refractivity contribution is -0.131. The minimum Gasteiger partial charge on any atom is -0.476 e. The predicted octanol–water partition coefficient (Wildman–Crippen LogP) is 3.82. The maximum atomic E-state index is 12.6. The Morgan fingerprint density at radius 1 is 1.30 bits per heavy atom. The first-order chi connectivity index (χ1) is 9.38. The topological polar surface area (TPSA) is 55.6 Å². The zero-order valence-corrected chi connectivity index (χ0v) is 12.6. The molecule has 0 radical (unpaired) electrons. The van der Waals surface area contributed by atoms with Gasteiger partial charge in [-0.1, -0.05) is 11.6 Å². The standard InChI is InChI=1S/C14H13ClN2O2S/c1-14(2)13(18)17(12-6-5-11(15)20-12)9-4-3-8(16)7-10(9)19-14/h3-7H,16H2,1-2H3. The number of halogens is 1. The highest BCUT2D eigenvalue weighted by Crippen LogP contribution is 2.45. The van der Waals surface area contributed by atoms with Crippen LogP contribution in [0.4, 0.5) is 16.4 Å². The molecule has 0 saturated heterocycles. The van der Waals surface area contributed by atoms with E-state index in [4.69, 9.17) is 22.1 Å². The summed E-state index contributed by atoms with van der Waals surface area (Å²) < 4.78 is 6.40. The molecule has 4 nitrogen and oxygen atoms in total. The van der Waals surface area contributed by atoms with Crippen molar-refractivity contribution in [1.29, 1.82) is 0 Å². The van der Waals surface area contributed by atoms with Crippen LogP contribution in [0.3, 0.4) is 0 Å². The van der Waals surface area contributed by atoms with Crippen molar-refractivity contribution in [3.05, 3.63) is 34.7 Å². The van der Waals surface area contributed by atoms with E-state index < -0.39 is 5.60 Å². The van der Waals surface area contributed by atoms with Crippen molar-refractivity contribution in [3.63, 3.8) is 0 Å². The zero-order valence-electron chi connectivity index (χ0n) is 11.0. The summed E-state index contributed by atoms with van der Waals surface area (Å²) in [5.41, 5.74) is 6.12. The summed E-state index contributed by atoms with van der Waals surface area (Å²) in [6.07, 6.45) is 0. The number of anilines is 3. The van der Waals surface area contributed by atoms with E-state index in [0.29, 0.717) is 21.5 Å². The molecular formula is C14H13ClN2O2S. The Morgan fingerprint density at radius 3 is 2.70 bits per heavy atom. The Balaban J connectivity index is 2.19. The first-order valence-corrected chi connectivity index (χ1v) is 7.26. The molecule has 1 amide bonds. The van der Waals surface area contributed by atoms with Crippen LogP contribution in [-0.2, 0) is 4.79 Å². The lowest BCUT2D eigenvalue weighted by Gasteiger charge is -2.38. The van der Waals surface area contributed by atoms with Gasteiger partial charge in [-0.3, -0.25) is 9.69 Å². The Bertz CT molecular complexity index is 696. The molecule has 1 aliphatic heterocycles. The summed E-state index contributed by atoms with van der Waals surface area (Å²) in [5, 5.41) is 0.766. The SMILES string of the molecule is CC1(C)Oc2cc(N)ccc2N(c2ccc(Cl)s2)C1=O. The quantitative estimate of drug-likeness (QED) is 0.815. The number of amides is 1. The van der Waals surface area contributed by atoms with Gasteiger partial charge in [0.1, 0.15) is 10.8 Å². The van der Waals surface area contributed by atoms with E-state index in [1.165, 1.54) is 11.3 Å². The van der Waals surface area contributed by atoms with Crippen LogP contribution in [0.1, 0.15) is 13.8 Å². The molecular weight excluding hydrogens is 296 g/mol. The molecule has 6 heteroatoms. The molecule has 0 unspecified atom stereocenters. The minimum absolute atomic E-state index is 0.131. The van der Waals surface area contributed by atoms with E-state index >= 15 is 0 Å². The molecule has 0 spiro atoms. The van der Waals surface area contributed by atoms with Crippen molar-refractivity contribution in [2.45, 2.75) is 19.4 Å². The van der Waals surface area contributed by atoms with E-state index in [2.05, 4.69) is 0 Å². The van der Waals surface area contributed by atoms with Gasteiger partial charge in [-0.15, -0.1) is 11.3 Å². The number of rotatable bonds is 1. The molecule has 2 aromatic rings. The van der Waals surface area contributed by atoms with Gasteiger partial charge in [-0.2, -0.15) is 0 Å². The maximum Gasteiger partial charge on any atom is 0.275 e. The van der Waals surface area contributed by atoms with E-state index in [1.54, 1.807) is 43.0 Å². The third kappa shape index (κ3) is 2.03. The highest BCUT2D eigenvalue weighted by molar-refractivity contribution is 7.20. The Kier molecular flexibility index (Phi) is 2.92. The fourth-order valence-corrected chi connectivity index (χ4v) is 3.18. The van der Waals surface area contributed by atoms with Crippen molar-refractivity contribution in [3.8, 4) is 5.75 Å². The second-order valence-corrected chi connectivity index (χ2v) is 6.75. The van der Waals surface area contributed by atoms with E-state index in [9.17, 15) is 4.79 Å². The average molecular weight is 309 g/mol. The predicted molar refractivity (Wildman–Crippen MR) is 82.0 cm³/mol.